The summed E-state index contributed by atoms with van der Waals surface area (Å²) < 4.78 is 5.20. The lowest BCUT2D eigenvalue weighted by atomic mass is 10.2. The van der Waals surface area contributed by atoms with E-state index in [0.717, 1.165) is 19.4 Å². The molecule has 3 nitrogen and oxygen atoms in total. The summed E-state index contributed by atoms with van der Waals surface area (Å²) in [6.45, 7) is 6.64. The number of rotatable bonds is 2. The fourth-order valence-electron chi connectivity index (χ4n) is 1.25. The molecule has 0 aliphatic carbocycles. The van der Waals surface area contributed by atoms with Gasteiger partial charge in [-0.15, -0.1) is 0 Å². The summed E-state index contributed by atoms with van der Waals surface area (Å²) in [6, 6.07) is 0.515. The number of hydrogen-bond donors (Lipinski definition) is 0. The number of carbonyl (C=O) groups is 1. The van der Waals surface area contributed by atoms with Crippen LogP contribution in [-0.4, -0.2) is 43.0 Å². The standard InChI is InChI=1S/C8H15NO2/c1-7(2)9-3-4-11-8(5-9)6-10/h6-8H,3-5H2,1-2H3. The lowest BCUT2D eigenvalue weighted by Gasteiger charge is -2.33. The van der Waals surface area contributed by atoms with Crippen molar-refractivity contribution >= 4 is 6.29 Å². The average molecular weight is 157 g/mol. The fraction of sp³-hybridized carbons (Fsp3) is 0.875. The van der Waals surface area contributed by atoms with Crippen molar-refractivity contribution in [2.45, 2.75) is 26.0 Å². The quantitative estimate of drug-likeness (QED) is 0.540. The van der Waals surface area contributed by atoms with Gasteiger partial charge in [-0.2, -0.15) is 0 Å². The monoisotopic (exact) mass is 157 g/mol. The minimum absolute atomic E-state index is 0.203. The third-order valence-electron chi connectivity index (χ3n) is 2.01. The van der Waals surface area contributed by atoms with Crippen LogP contribution >= 0.6 is 0 Å². The molecular weight excluding hydrogens is 142 g/mol. The Balaban J connectivity index is 2.39. The smallest absolute Gasteiger partial charge is 0.150 e. The highest BCUT2D eigenvalue weighted by atomic mass is 16.5. The number of ether oxygens (including phenoxy) is 1. The van der Waals surface area contributed by atoms with E-state index < -0.39 is 0 Å². The Morgan fingerprint density at radius 3 is 2.91 bits per heavy atom. The molecule has 11 heavy (non-hydrogen) atoms. The van der Waals surface area contributed by atoms with E-state index in [2.05, 4.69) is 18.7 Å². The van der Waals surface area contributed by atoms with E-state index in [-0.39, 0.29) is 6.10 Å². The Morgan fingerprint density at radius 2 is 2.36 bits per heavy atom. The van der Waals surface area contributed by atoms with Crippen LogP contribution in [0.5, 0.6) is 0 Å². The molecular formula is C8H15NO2. The van der Waals surface area contributed by atoms with Crippen molar-refractivity contribution in [2.75, 3.05) is 19.7 Å². The van der Waals surface area contributed by atoms with E-state index in [9.17, 15) is 4.79 Å². The number of morpholine rings is 1. The summed E-state index contributed by atoms with van der Waals surface area (Å²) >= 11 is 0. The summed E-state index contributed by atoms with van der Waals surface area (Å²) in [7, 11) is 0. The highest BCUT2D eigenvalue weighted by Crippen LogP contribution is 2.06. The van der Waals surface area contributed by atoms with Crippen molar-refractivity contribution in [3.05, 3.63) is 0 Å². The maximum absolute atomic E-state index is 10.4. The zero-order chi connectivity index (χ0) is 8.27. The molecule has 1 aliphatic rings. The second-order valence-electron chi connectivity index (χ2n) is 3.13. The van der Waals surface area contributed by atoms with Gasteiger partial charge in [0, 0.05) is 19.1 Å². The van der Waals surface area contributed by atoms with Gasteiger partial charge < -0.3 is 9.53 Å². The first-order valence-corrected chi connectivity index (χ1v) is 4.05. The molecule has 0 spiro atoms. The molecule has 1 rings (SSSR count). The van der Waals surface area contributed by atoms with Crippen molar-refractivity contribution in [1.82, 2.24) is 4.90 Å². The Kier molecular flexibility index (Phi) is 3.02. The van der Waals surface area contributed by atoms with E-state index >= 15 is 0 Å². The van der Waals surface area contributed by atoms with E-state index in [1.165, 1.54) is 0 Å². The van der Waals surface area contributed by atoms with Crippen molar-refractivity contribution in [3.63, 3.8) is 0 Å². The summed E-state index contributed by atoms with van der Waals surface area (Å²) in [6.07, 6.45) is 0.681. The van der Waals surface area contributed by atoms with Crippen molar-refractivity contribution in [2.24, 2.45) is 0 Å². The second kappa shape index (κ2) is 3.83. The van der Waals surface area contributed by atoms with E-state index in [0.29, 0.717) is 12.6 Å². The molecule has 1 heterocycles. The molecule has 0 amide bonds. The number of carbonyl (C=O) groups excluding carboxylic acids is 1. The maximum atomic E-state index is 10.4. The molecule has 1 fully saturated rings. The molecule has 64 valence electrons. The first-order chi connectivity index (χ1) is 5.24. The predicted octanol–water partition coefficient (Wildman–Crippen LogP) is 0.294. The molecule has 0 N–H and O–H groups in total. The van der Waals surface area contributed by atoms with Gasteiger partial charge in [-0.3, -0.25) is 4.90 Å². The van der Waals surface area contributed by atoms with E-state index in [1.807, 2.05) is 0 Å². The molecule has 3 heteroatoms. The summed E-state index contributed by atoms with van der Waals surface area (Å²) in [4.78, 5) is 12.6. The zero-order valence-corrected chi connectivity index (χ0v) is 7.12. The molecule has 1 atom stereocenters. The van der Waals surface area contributed by atoms with Crippen LogP contribution in [0.2, 0.25) is 0 Å². The lowest BCUT2D eigenvalue weighted by Crippen LogP contribution is -2.46. The first-order valence-electron chi connectivity index (χ1n) is 4.05. The van der Waals surface area contributed by atoms with Crippen LogP contribution in [0.1, 0.15) is 13.8 Å². The molecule has 0 aromatic rings. The Morgan fingerprint density at radius 1 is 1.64 bits per heavy atom. The zero-order valence-electron chi connectivity index (χ0n) is 7.12. The number of nitrogens with zero attached hydrogens (tertiary/aromatic N) is 1. The number of aldehydes is 1. The van der Waals surface area contributed by atoms with Gasteiger partial charge in [0.2, 0.25) is 0 Å². The summed E-state index contributed by atoms with van der Waals surface area (Å²) in [5.41, 5.74) is 0. The van der Waals surface area contributed by atoms with Crippen molar-refractivity contribution in [3.8, 4) is 0 Å². The predicted molar refractivity (Wildman–Crippen MR) is 42.5 cm³/mol. The average Bonchev–Trinajstić information content (AvgIpc) is 2.05. The molecule has 0 bridgehead atoms. The van der Waals surface area contributed by atoms with Crippen LogP contribution in [0, 0.1) is 0 Å². The molecule has 1 saturated heterocycles. The maximum Gasteiger partial charge on any atom is 0.150 e. The largest absolute Gasteiger partial charge is 0.368 e. The van der Waals surface area contributed by atoms with Crippen LogP contribution in [-0.2, 0) is 9.53 Å². The van der Waals surface area contributed by atoms with Gasteiger partial charge in [0.25, 0.3) is 0 Å². The van der Waals surface area contributed by atoms with Crippen LogP contribution in [0.4, 0.5) is 0 Å². The summed E-state index contributed by atoms with van der Waals surface area (Å²) in [5.74, 6) is 0. The van der Waals surface area contributed by atoms with Gasteiger partial charge in [0.05, 0.1) is 6.61 Å². The fourth-order valence-corrected chi connectivity index (χ4v) is 1.25. The van der Waals surface area contributed by atoms with Crippen LogP contribution in [0.25, 0.3) is 0 Å². The van der Waals surface area contributed by atoms with Crippen LogP contribution in [0.3, 0.4) is 0 Å². The highest BCUT2D eigenvalue weighted by Gasteiger charge is 2.20. The lowest BCUT2D eigenvalue weighted by molar-refractivity contribution is -0.124. The van der Waals surface area contributed by atoms with Gasteiger partial charge in [0.15, 0.2) is 0 Å². The molecule has 0 aromatic heterocycles. The topological polar surface area (TPSA) is 29.5 Å². The van der Waals surface area contributed by atoms with Gasteiger partial charge in [-0.1, -0.05) is 0 Å². The minimum atomic E-state index is -0.203. The second-order valence-corrected chi connectivity index (χ2v) is 3.13. The van der Waals surface area contributed by atoms with E-state index in [1.54, 1.807) is 0 Å². The highest BCUT2D eigenvalue weighted by molar-refractivity contribution is 5.56. The Labute approximate surface area is 67.3 Å². The first kappa shape index (κ1) is 8.68. The molecule has 1 aliphatic heterocycles. The molecule has 0 saturated carbocycles. The Hall–Kier alpha value is -0.410. The van der Waals surface area contributed by atoms with Gasteiger partial charge in [0.1, 0.15) is 12.4 Å². The number of hydrogen-bond acceptors (Lipinski definition) is 3. The Bertz CT molecular complexity index is 136. The summed E-state index contributed by atoms with van der Waals surface area (Å²) in [5, 5.41) is 0. The minimum Gasteiger partial charge on any atom is -0.368 e. The third-order valence-corrected chi connectivity index (χ3v) is 2.01. The molecule has 0 radical (unpaired) electrons. The van der Waals surface area contributed by atoms with Crippen molar-refractivity contribution in [1.29, 1.82) is 0 Å². The normalized spacial score (nSPS) is 27.4. The third kappa shape index (κ3) is 2.27. The van der Waals surface area contributed by atoms with Gasteiger partial charge in [-0.25, -0.2) is 0 Å². The SMILES string of the molecule is CC(C)N1CCOC(C=O)C1. The van der Waals surface area contributed by atoms with Crippen molar-refractivity contribution < 1.29 is 9.53 Å². The van der Waals surface area contributed by atoms with Crippen LogP contribution in [0.15, 0.2) is 0 Å². The van der Waals surface area contributed by atoms with Gasteiger partial charge >= 0.3 is 0 Å². The van der Waals surface area contributed by atoms with Crippen LogP contribution < -0.4 is 0 Å². The molecule has 1 unspecified atom stereocenters. The molecule has 0 aromatic carbocycles. The van der Waals surface area contributed by atoms with E-state index in [4.69, 9.17) is 4.74 Å². The van der Waals surface area contributed by atoms with Gasteiger partial charge in [-0.05, 0) is 13.8 Å².